The smallest absolute Gasteiger partial charge is 0.140 e. The van der Waals surface area contributed by atoms with Crippen molar-refractivity contribution in [2.24, 2.45) is 0 Å². The Kier molecular flexibility index (Phi) is 6.92. The van der Waals surface area contributed by atoms with Crippen LogP contribution in [0.5, 0.6) is 5.75 Å². The van der Waals surface area contributed by atoms with Crippen LogP contribution in [0.15, 0.2) is 30.3 Å². The van der Waals surface area contributed by atoms with Crippen LogP contribution in [0.3, 0.4) is 0 Å². The van der Waals surface area contributed by atoms with Crippen molar-refractivity contribution < 1.29 is 23.7 Å². The molecule has 0 heterocycles. The van der Waals surface area contributed by atoms with E-state index >= 15 is 0 Å². The van der Waals surface area contributed by atoms with Crippen LogP contribution in [0.4, 0.5) is 8.78 Å². The predicted octanol–water partition coefficient (Wildman–Crippen LogP) is 3.54. The molecular weight excluding hydrogens is 455 g/mol. The Morgan fingerprint density at radius 3 is 2.58 bits per heavy atom. The summed E-state index contributed by atoms with van der Waals surface area (Å²) in [6, 6.07) is 8.95. The minimum atomic E-state index is -1.33. The normalized spacial score (nSPS) is 13.1. The molecule has 2 rings (SSSR count). The Morgan fingerprint density at radius 1 is 1.23 bits per heavy atom. The summed E-state index contributed by atoms with van der Waals surface area (Å²) in [5.41, 5.74) is -0.543. The van der Waals surface area contributed by atoms with Gasteiger partial charge in [-0.2, -0.15) is 5.26 Å². The summed E-state index contributed by atoms with van der Waals surface area (Å²) in [6.07, 6.45) is 0.153. The van der Waals surface area contributed by atoms with Crippen molar-refractivity contribution in [1.82, 2.24) is 0 Å². The topological polar surface area (TPSA) is 73.5 Å². The van der Waals surface area contributed by atoms with Crippen molar-refractivity contribution >= 4 is 22.6 Å². The Hall–Kier alpha value is -1.76. The molecule has 0 amide bonds. The van der Waals surface area contributed by atoms with Crippen LogP contribution in [0.25, 0.3) is 0 Å². The molecule has 0 aliphatic heterocycles. The predicted molar refractivity (Wildman–Crippen MR) is 101 cm³/mol. The quantitative estimate of drug-likeness (QED) is 0.604. The van der Waals surface area contributed by atoms with Crippen LogP contribution < -0.4 is 4.74 Å². The fourth-order valence-electron chi connectivity index (χ4n) is 2.35. The number of nitrogens with zero attached hydrogens (tertiary/aromatic N) is 1. The Balaban J connectivity index is 2.27. The lowest BCUT2D eigenvalue weighted by Gasteiger charge is -2.20. The first-order valence-corrected chi connectivity index (χ1v) is 8.96. The molecule has 0 spiro atoms. The third kappa shape index (κ3) is 5.37. The molecule has 26 heavy (non-hydrogen) atoms. The highest BCUT2D eigenvalue weighted by Crippen LogP contribution is 2.27. The van der Waals surface area contributed by atoms with E-state index in [1.807, 2.05) is 28.7 Å². The van der Waals surface area contributed by atoms with Gasteiger partial charge >= 0.3 is 0 Å². The summed E-state index contributed by atoms with van der Waals surface area (Å²) >= 11 is 1.99. The van der Waals surface area contributed by atoms with Crippen molar-refractivity contribution in [3.63, 3.8) is 0 Å². The van der Waals surface area contributed by atoms with Gasteiger partial charge in [0.25, 0.3) is 0 Å². The van der Waals surface area contributed by atoms with E-state index in [9.17, 15) is 19.1 Å². The van der Waals surface area contributed by atoms with Crippen LogP contribution in [-0.4, -0.2) is 29.0 Å². The molecule has 138 valence electrons. The van der Waals surface area contributed by atoms with E-state index in [1.54, 1.807) is 12.1 Å². The van der Waals surface area contributed by atoms with Crippen molar-refractivity contribution in [2.75, 3.05) is 13.2 Å². The summed E-state index contributed by atoms with van der Waals surface area (Å²) in [7, 11) is 0. The van der Waals surface area contributed by atoms with Crippen LogP contribution >= 0.6 is 22.6 Å². The summed E-state index contributed by atoms with van der Waals surface area (Å²) < 4.78 is 34.2. The highest BCUT2D eigenvalue weighted by molar-refractivity contribution is 14.1. The summed E-state index contributed by atoms with van der Waals surface area (Å²) in [4.78, 5) is 0. The number of halogens is 3. The number of aliphatic hydroxyl groups excluding tert-OH is 1. The first-order valence-electron chi connectivity index (χ1n) is 7.88. The number of aliphatic hydroxyl groups is 2. The van der Waals surface area contributed by atoms with Crippen LogP contribution in [-0.2, 0) is 6.42 Å². The summed E-state index contributed by atoms with van der Waals surface area (Å²) in [5, 5.41) is 28.3. The molecule has 0 aromatic heterocycles. The standard InChI is InChI=1S/C19H18F2INO3/c1-19(25,11-24)4-5-26-18-8-14(20)7-13(16(18)10-23)6-12-2-3-15(22)9-17(12)21/h2-3,7-9,24-25H,4-6,11H2,1H3. The second-order valence-corrected chi connectivity index (χ2v) is 7.46. The van der Waals surface area contributed by atoms with Crippen LogP contribution in [0, 0.1) is 26.5 Å². The molecule has 0 saturated carbocycles. The van der Waals surface area contributed by atoms with E-state index in [2.05, 4.69) is 0 Å². The highest BCUT2D eigenvalue weighted by atomic mass is 127. The number of hydrogen-bond donors (Lipinski definition) is 2. The minimum Gasteiger partial charge on any atom is -0.492 e. The molecule has 2 N–H and O–H groups in total. The molecule has 4 nitrogen and oxygen atoms in total. The highest BCUT2D eigenvalue weighted by Gasteiger charge is 2.20. The largest absolute Gasteiger partial charge is 0.492 e. The zero-order valence-electron chi connectivity index (χ0n) is 14.1. The van der Waals surface area contributed by atoms with E-state index in [0.717, 1.165) is 9.64 Å². The fraction of sp³-hybridized carbons (Fsp3) is 0.316. The lowest BCUT2D eigenvalue weighted by molar-refractivity contribution is -0.0139. The average molecular weight is 473 g/mol. The monoisotopic (exact) mass is 473 g/mol. The molecule has 0 bridgehead atoms. The Labute approximate surface area is 164 Å². The second-order valence-electron chi connectivity index (χ2n) is 6.22. The Morgan fingerprint density at radius 2 is 1.96 bits per heavy atom. The second kappa shape index (κ2) is 8.75. The van der Waals surface area contributed by atoms with Gasteiger partial charge in [0.15, 0.2) is 0 Å². The SMILES string of the molecule is CC(O)(CO)CCOc1cc(F)cc(Cc2ccc(I)cc2F)c1C#N. The van der Waals surface area contributed by atoms with Crippen molar-refractivity contribution in [3.8, 4) is 11.8 Å². The molecule has 2 aromatic carbocycles. The maximum Gasteiger partial charge on any atom is 0.140 e. The molecule has 0 radical (unpaired) electrons. The lowest BCUT2D eigenvalue weighted by Crippen LogP contribution is -2.31. The number of rotatable bonds is 7. The van der Waals surface area contributed by atoms with Crippen LogP contribution in [0.1, 0.15) is 30.0 Å². The average Bonchev–Trinajstić information content (AvgIpc) is 2.57. The third-order valence-corrected chi connectivity index (χ3v) is 4.57. The van der Waals surface area contributed by atoms with E-state index in [1.165, 1.54) is 19.1 Å². The van der Waals surface area contributed by atoms with Gasteiger partial charge in [-0.25, -0.2) is 8.78 Å². The number of nitriles is 1. The van der Waals surface area contributed by atoms with Crippen molar-refractivity contribution in [3.05, 3.63) is 62.2 Å². The molecule has 1 unspecified atom stereocenters. The van der Waals surface area contributed by atoms with Gasteiger partial charge in [-0.15, -0.1) is 0 Å². The molecule has 0 fully saturated rings. The zero-order chi connectivity index (χ0) is 19.3. The van der Waals surface area contributed by atoms with Crippen LogP contribution in [0.2, 0.25) is 0 Å². The summed E-state index contributed by atoms with van der Waals surface area (Å²) in [6.45, 7) is 0.989. The number of benzene rings is 2. The molecule has 0 aliphatic rings. The number of ether oxygens (including phenoxy) is 1. The van der Waals surface area contributed by atoms with Gasteiger partial charge in [0.05, 0.1) is 24.4 Å². The third-order valence-electron chi connectivity index (χ3n) is 3.90. The van der Waals surface area contributed by atoms with Gasteiger partial charge in [-0.1, -0.05) is 6.07 Å². The van der Waals surface area contributed by atoms with Gasteiger partial charge in [0, 0.05) is 22.5 Å². The van der Waals surface area contributed by atoms with Gasteiger partial charge in [0.2, 0.25) is 0 Å². The first-order chi connectivity index (χ1) is 12.3. The van der Waals surface area contributed by atoms with E-state index in [-0.39, 0.29) is 30.8 Å². The lowest BCUT2D eigenvalue weighted by atomic mass is 9.99. The summed E-state index contributed by atoms with van der Waals surface area (Å²) in [5.74, 6) is -0.998. The van der Waals surface area contributed by atoms with Gasteiger partial charge in [-0.3, -0.25) is 0 Å². The maximum absolute atomic E-state index is 14.1. The van der Waals surface area contributed by atoms with E-state index < -0.39 is 23.8 Å². The first kappa shape index (κ1) is 20.6. The molecule has 2 aromatic rings. The minimum absolute atomic E-state index is 0.0109. The number of hydrogen-bond acceptors (Lipinski definition) is 4. The Bertz CT molecular complexity index is 834. The van der Waals surface area contributed by atoms with Gasteiger partial charge in [0.1, 0.15) is 23.5 Å². The molecule has 0 saturated heterocycles. The van der Waals surface area contributed by atoms with Gasteiger partial charge in [-0.05, 0) is 58.8 Å². The van der Waals surface area contributed by atoms with Crippen molar-refractivity contribution in [2.45, 2.75) is 25.4 Å². The van der Waals surface area contributed by atoms with Crippen molar-refractivity contribution in [1.29, 1.82) is 5.26 Å². The molecule has 1 atom stereocenters. The molecule has 7 heteroatoms. The van der Waals surface area contributed by atoms with E-state index in [4.69, 9.17) is 9.84 Å². The van der Waals surface area contributed by atoms with E-state index in [0.29, 0.717) is 11.1 Å². The maximum atomic E-state index is 14.1. The molecular formula is C19H18F2INO3. The molecule has 0 aliphatic carbocycles. The fourth-order valence-corrected chi connectivity index (χ4v) is 2.80. The zero-order valence-corrected chi connectivity index (χ0v) is 16.3. The van der Waals surface area contributed by atoms with Gasteiger partial charge < -0.3 is 14.9 Å².